The molecule has 0 saturated heterocycles. The van der Waals surface area contributed by atoms with Crippen LogP contribution in [0.3, 0.4) is 0 Å². The molecule has 170 valence electrons. The van der Waals surface area contributed by atoms with Crippen molar-refractivity contribution in [2.75, 3.05) is 30.8 Å². The van der Waals surface area contributed by atoms with Crippen molar-refractivity contribution in [3.63, 3.8) is 0 Å². The van der Waals surface area contributed by atoms with Gasteiger partial charge in [0.05, 0.1) is 36.7 Å². The summed E-state index contributed by atoms with van der Waals surface area (Å²) in [4.78, 5) is 25.0. The van der Waals surface area contributed by atoms with Gasteiger partial charge in [0, 0.05) is 24.5 Å². The normalized spacial score (nSPS) is 11.3. The van der Waals surface area contributed by atoms with E-state index in [0.717, 1.165) is 6.26 Å². The van der Waals surface area contributed by atoms with Crippen LogP contribution in [0.1, 0.15) is 34.9 Å². The van der Waals surface area contributed by atoms with Crippen molar-refractivity contribution in [2.45, 2.75) is 19.8 Å². The summed E-state index contributed by atoms with van der Waals surface area (Å²) in [6.07, 6.45) is 3.01. The minimum atomic E-state index is -3.54. The van der Waals surface area contributed by atoms with Crippen LogP contribution in [-0.4, -0.2) is 51.4 Å². The molecule has 1 heterocycles. The largest absolute Gasteiger partial charge is 0.494 e. The number of benzene rings is 2. The highest BCUT2D eigenvalue weighted by Crippen LogP contribution is 2.24. The molecule has 0 radical (unpaired) electrons. The van der Waals surface area contributed by atoms with Gasteiger partial charge in [0.15, 0.2) is 0 Å². The first-order chi connectivity index (χ1) is 15.3. The fraction of sp³-hybridized carbons (Fsp3) is 0.304. The Kier molecular flexibility index (Phi) is 7.19. The zero-order chi connectivity index (χ0) is 23.3. The van der Waals surface area contributed by atoms with Crippen molar-refractivity contribution in [3.8, 4) is 5.75 Å². The number of ether oxygens (including phenoxy) is 2. The summed E-state index contributed by atoms with van der Waals surface area (Å²) in [7, 11) is -2.25. The van der Waals surface area contributed by atoms with Crippen molar-refractivity contribution in [1.82, 2.24) is 4.57 Å². The fourth-order valence-electron chi connectivity index (χ4n) is 3.51. The van der Waals surface area contributed by atoms with Gasteiger partial charge in [0.2, 0.25) is 15.9 Å². The molecule has 1 aromatic heterocycles. The molecule has 0 bridgehead atoms. The van der Waals surface area contributed by atoms with Crippen LogP contribution >= 0.6 is 0 Å². The second-order valence-electron chi connectivity index (χ2n) is 7.18. The maximum atomic E-state index is 12.9. The van der Waals surface area contributed by atoms with E-state index >= 15 is 0 Å². The third-order valence-electron chi connectivity index (χ3n) is 4.97. The van der Waals surface area contributed by atoms with Crippen LogP contribution in [0.15, 0.2) is 54.7 Å². The lowest BCUT2D eigenvalue weighted by Crippen LogP contribution is -2.31. The average molecular weight is 459 g/mol. The van der Waals surface area contributed by atoms with Gasteiger partial charge in [0.25, 0.3) is 0 Å². The van der Waals surface area contributed by atoms with Crippen LogP contribution in [0.5, 0.6) is 5.75 Å². The summed E-state index contributed by atoms with van der Waals surface area (Å²) in [5.41, 5.74) is 1.41. The Hall–Kier alpha value is -3.33. The van der Waals surface area contributed by atoms with E-state index in [-0.39, 0.29) is 18.9 Å². The number of hydrogen-bond acceptors (Lipinski definition) is 6. The van der Waals surface area contributed by atoms with Crippen molar-refractivity contribution in [1.29, 1.82) is 0 Å². The number of carbonyl (C=O) groups excluding carboxylic acids is 2. The van der Waals surface area contributed by atoms with E-state index in [1.54, 1.807) is 48.5 Å². The molecule has 0 atom stereocenters. The van der Waals surface area contributed by atoms with E-state index in [1.165, 1.54) is 22.2 Å². The molecule has 0 aliphatic rings. The van der Waals surface area contributed by atoms with Crippen molar-refractivity contribution in [3.05, 3.63) is 60.3 Å². The summed E-state index contributed by atoms with van der Waals surface area (Å²) >= 11 is 0. The number of carbonyl (C=O) groups is 2. The van der Waals surface area contributed by atoms with Gasteiger partial charge in [-0.05, 0) is 43.7 Å². The van der Waals surface area contributed by atoms with E-state index in [0.29, 0.717) is 40.9 Å². The van der Waals surface area contributed by atoms with Crippen LogP contribution in [0.25, 0.3) is 10.9 Å². The number of para-hydroxylation sites is 1. The van der Waals surface area contributed by atoms with Crippen LogP contribution in [0, 0.1) is 0 Å². The Morgan fingerprint density at radius 3 is 2.38 bits per heavy atom. The van der Waals surface area contributed by atoms with Gasteiger partial charge in [-0.2, -0.15) is 0 Å². The number of rotatable bonds is 9. The molecular formula is C23H26N2O6S. The fourth-order valence-corrected chi connectivity index (χ4v) is 4.48. The molecule has 0 unspecified atom stereocenters. The summed E-state index contributed by atoms with van der Waals surface area (Å²) in [5, 5.41) is 0.625. The summed E-state index contributed by atoms with van der Waals surface area (Å²) < 4.78 is 37.6. The number of hydrogen-bond donors (Lipinski definition) is 0. The second-order valence-corrected chi connectivity index (χ2v) is 9.09. The van der Waals surface area contributed by atoms with E-state index in [4.69, 9.17) is 9.47 Å². The highest BCUT2D eigenvalue weighted by Gasteiger charge is 2.20. The number of esters is 1. The van der Waals surface area contributed by atoms with Crippen LogP contribution in [-0.2, 0) is 14.8 Å². The maximum absolute atomic E-state index is 12.9. The third kappa shape index (κ3) is 5.11. The Bertz CT molecular complexity index is 1220. The van der Waals surface area contributed by atoms with Crippen molar-refractivity contribution in [2.24, 2.45) is 0 Å². The van der Waals surface area contributed by atoms with Crippen molar-refractivity contribution >= 4 is 38.5 Å². The number of nitrogens with zero attached hydrogens (tertiary/aromatic N) is 2. The molecule has 0 N–H and O–H groups in total. The zero-order valence-corrected chi connectivity index (χ0v) is 19.1. The second kappa shape index (κ2) is 9.86. The lowest BCUT2D eigenvalue weighted by Gasteiger charge is -2.22. The van der Waals surface area contributed by atoms with E-state index < -0.39 is 16.0 Å². The molecular weight excluding hydrogens is 432 g/mol. The molecule has 0 aliphatic heterocycles. The number of aromatic nitrogens is 1. The number of sulfonamides is 1. The quantitative estimate of drug-likeness (QED) is 0.454. The van der Waals surface area contributed by atoms with E-state index in [9.17, 15) is 18.0 Å². The van der Waals surface area contributed by atoms with Crippen LogP contribution < -0.4 is 9.04 Å². The number of fused-ring (bicyclic) bond motifs is 1. The molecule has 2 aromatic carbocycles. The molecule has 0 saturated carbocycles. The summed E-state index contributed by atoms with van der Waals surface area (Å²) in [5.74, 6) is -0.108. The first-order valence-electron chi connectivity index (χ1n) is 10.2. The van der Waals surface area contributed by atoms with Gasteiger partial charge < -0.3 is 9.47 Å². The first kappa shape index (κ1) is 23.3. The monoisotopic (exact) mass is 458 g/mol. The lowest BCUT2D eigenvalue weighted by atomic mass is 10.2. The minimum Gasteiger partial charge on any atom is -0.494 e. The summed E-state index contributed by atoms with van der Waals surface area (Å²) in [6.45, 7) is 2.53. The number of anilines is 1. The topological polar surface area (TPSA) is 94.9 Å². The smallest absolute Gasteiger partial charge is 0.340 e. The summed E-state index contributed by atoms with van der Waals surface area (Å²) in [6, 6.07) is 13.8. The Morgan fingerprint density at radius 2 is 1.75 bits per heavy atom. The van der Waals surface area contributed by atoms with Gasteiger partial charge in [0.1, 0.15) is 5.75 Å². The predicted molar refractivity (Wildman–Crippen MR) is 123 cm³/mol. The predicted octanol–water partition coefficient (Wildman–Crippen LogP) is 3.71. The molecule has 8 nitrogen and oxygen atoms in total. The molecule has 3 rings (SSSR count). The highest BCUT2D eigenvalue weighted by atomic mass is 32.2. The Labute approximate surface area is 187 Å². The van der Waals surface area contributed by atoms with Gasteiger partial charge in [-0.3, -0.25) is 13.7 Å². The molecule has 3 aromatic rings. The highest BCUT2D eigenvalue weighted by molar-refractivity contribution is 7.92. The molecule has 9 heteroatoms. The Morgan fingerprint density at radius 1 is 1.06 bits per heavy atom. The first-order valence-corrected chi connectivity index (χ1v) is 12.0. The van der Waals surface area contributed by atoms with Gasteiger partial charge >= 0.3 is 5.97 Å². The van der Waals surface area contributed by atoms with E-state index in [2.05, 4.69) is 0 Å². The molecule has 0 fully saturated rings. The zero-order valence-electron chi connectivity index (χ0n) is 18.3. The lowest BCUT2D eigenvalue weighted by molar-refractivity contribution is 0.0603. The van der Waals surface area contributed by atoms with Crippen LogP contribution in [0.2, 0.25) is 0 Å². The molecule has 0 aliphatic carbocycles. The Balaban J connectivity index is 1.75. The standard InChI is InChI=1S/C23H26N2O6S/c1-4-31-18-13-11-17(12-14-18)25(32(3,28)29)15-7-10-22(26)24-16-20(23(27)30-2)19-8-5-6-9-21(19)24/h5-6,8-9,11-14,16H,4,7,10,15H2,1-3H3. The van der Waals surface area contributed by atoms with E-state index in [1.807, 2.05) is 6.92 Å². The molecule has 32 heavy (non-hydrogen) atoms. The number of methoxy groups -OCH3 is 1. The molecule has 0 spiro atoms. The molecule has 0 amide bonds. The van der Waals surface area contributed by atoms with Gasteiger partial charge in [-0.25, -0.2) is 13.2 Å². The van der Waals surface area contributed by atoms with Crippen LogP contribution in [0.4, 0.5) is 5.69 Å². The maximum Gasteiger partial charge on any atom is 0.340 e. The van der Waals surface area contributed by atoms with Crippen molar-refractivity contribution < 1.29 is 27.5 Å². The van der Waals surface area contributed by atoms with Gasteiger partial charge in [-0.1, -0.05) is 18.2 Å². The average Bonchev–Trinajstić information content (AvgIpc) is 3.16. The minimum absolute atomic E-state index is 0.0995. The SMILES string of the molecule is CCOc1ccc(N(CCCC(=O)n2cc(C(=O)OC)c3ccccc32)S(C)(=O)=O)cc1. The van der Waals surface area contributed by atoms with Gasteiger partial charge in [-0.15, -0.1) is 0 Å². The third-order valence-corrected chi connectivity index (χ3v) is 6.17.